The lowest BCUT2D eigenvalue weighted by Gasteiger charge is -2.02. The zero-order valence-electron chi connectivity index (χ0n) is 9.07. The normalized spacial score (nSPS) is 12.6. The topological polar surface area (TPSA) is 28.7 Å². The third kappa shape index (κ3) is 1.50. The Bertz CT molecular complexity index is 517. The van der Waals surface area contributed by atoms with Gasteiger partial charge in [0.1, 0.15) is 0 Å². The Balaban J connectivity index is 2.67. The quantitative estimate of drug-likeness (QED) is 0.728. The van der Waals surface area contributed by atoms with Crippen LogP contribution < -0.4 is 0 Å². The molecular weight excluding hydrogens is 184 g/mol. The van der Waals surface area contributed by atoms with E-state index in [-0.39, 0.29) is 5.92 Å². The maximum atomic E-state index is 9.09. The first-order valence-corrected chi connectivity index (χ1v) is 5.21. The molecule has 0 aliphatic heterocycles. The van der Waals surface area contributed by atoms with Crippen LogP contribution in [0, 0.1) is 11.3 Å². The van der Waals surface area contributed by atoms with Gasteiger partial charge >= 0.3 is 0 Å². The first-order valence-electron chi connectivity index (χ1n) is 5.21. The molecule has 2 nitrogen and oxygen atoms in total. The molecule has 0 fully saturated rings. The highest BCUT2D eigenvalue weighted by atomic mass is 14.9. The van der Waals surface area contributed by atoms with Gasteiger partial charge in [-0.25, -0.2) is 0 Å². The molecule has 1 aromatic heterocycles. The van der Waals surface area contributed by atoms with E-state index in [0.29, 0.717) is 0 Å². The molecule has 0 aliphatic rings. The van der Waals surface area contributed by atoms with Gasteiger partial charge < -0.3 is 4.57 Å². The van der Waals surface area contributed by atoms with E-state index < -0.39 is 0 Å². The molecule has 0 bridgehead atoms. The molecule has 2 rings (SSSR count). The van der Waals surface area contributed by atoms with Gasteiger partial charge in [-0.05, 0) is 18.1 Å². The maximum absolute atomic E-state index is 9.09. The van der Waals surface area contributed by atoms with Crippen LogP contribution in [-0.4, -0.2) is 4.57 Å². The number of nitrogens with zero attached hydrogens (tertiary/aromatic N) is 2. The minimum absolute atomic E-state index is 0.0103. The third-order valence-electron chi connectivity index (χ3n) is 2.87. The van der Waals surface area contributed by atoms with Crippen LogP contribution in [0.1, 0.15) is 24.8 Å². The highest BCUT2D eigenvalue weighted by Crippen LogP contribution is 2.28. The number of nitriles is 1. The summed E-state index contributed by atoms with van der Waals surface area (Å²) in [5.74, 6) is 0.0103. The summed E-state index contributed by atoms with van der Waals surface area (Å²) in [6.07, 6.45) is 2.94. The fraction of sp³-hybridized carbons (Fsp3) is 0.308. The van der Waals surface area contributed by atoms with E-state index in [1.807, 2.05) is 19.2 Å². The maximum Gasteiger partial charge on any atom is 0.0731 e. The molecule has 2 aromatic rings. The lowest BCUT2D eigenvalue weighted by molar-refractivity contribution is 0.815. The fourth-order valence-electron chi connectivity index (χ4n) is 2.03. The molecule has 0 N–H and O–H groups in total. The van der Waals surface area contributed by atoms with Crippen LogP contribution in [0.4, 0.5) is 0 Å². The summed E-state index contributed by atoms with van der Waals surface area (Å²) in [5.41, 5.74) is 2.35. The van der Waals surface area contributed by atoms with Crippen molar-refractivity contribution in [2.45, 2.75) is 19.3 Å². The Morgan fingerprint density at radius 2 is 2.13 bits per heavy atom. The van der Waals surface area contributed by atoms with Gasteiger partial charge in [0.05, 0.1) is 12.0 Å². The zero-order chi connectivity index (χ0) is 10.8. The van der Waals surface area contributed by atoms with Crippen LogP contribution >= 0.6 is 0 Å². The summed E-state index contributed by atoms with van der Waals surface area (Å²) < 4.78 is 2.09. The van der Waals surface area contributed by atoms with E-state index in [9.17, 15) is 0 Å². The van der Waals surface area contributed by atoms with Crippen molar-refractivity contribution in [3.8, 4) is 6.07 Å². The van der Waals surface area contributed by atoms with Crippen LogP contribution in [-0.2, 0) is 7.05 Å². The molecule has 0 spiro atoms. The monoisotopic (exact) mass is 198 g/mol. The second-order valence-corrected chi connectivity index (χ2v) is 3.80. The van der Waals surface area contributed by atoms with Gasteiger partial charge in [0, 0.05) is 24.1 Å². The Labute approximate surface area is 89.7 Å². The standard InChI is InChI=1S/C13H14N2/c1-3-10(8-14)12-9-15(2)13-7-5-4-6-11(12)13/h4-7,9-10H,3H2,1-2H3. The number of rotatable bonds is 2. The van der Waals surface area contributed by atoms with Gasteiger partial charge in [-0.1, -0.05) is 25.1 Å². The highest BCUT2D eigenvalue weighted by molar-refractivity contribution is 5.84. The number of benzene rings is 1. The van der Waals surface area contributed by atoms with Gasteiger partial charge in [-0.15, -0.1) is 0 Å². The van der Waals surface area contributed by atoms with E-state index >= 15 is 0 Å². The lowest BCUT2D eigenvalue weighted by atomic mass is 9.98. The van der Waals surface area contributed by atoms with Gasteiger partial charge in [-0.3, -0.25) is 0 Å². The summed E-state index contributed by atoms with van der Waals surface area (Å²) in [5, 5.41) is 10.3. The van der Waals surface area contributed by atoms with E-state index in [0.717, 1.165) is 12.0 Å². The summed E-state index contributed by atoms with van der Waals surface area (Å²) in [7, 11) is 2.02. The lowest BCUT2D eigenvalue weighted by Crippen LogP contribution is -1.91. The molecule has 1 atom stereocenters. The van der Waals surface area contributed by atoms with Crippen LogP contribution in [0.15, 0.2) is 30.5 Å². The molecule has 1 heterocycles. The second kappa shape index (κ2) is 3.78. The number of hydrogen-bond donors (Lipinski definition) is 0. The summed E-state index contributed by atoms with van der Waals surface area (Å²) in [4.78, 5) is 0. The van der Waals surface area contributed by atoms with Crippen molar-refractivity contribution in [1.29, 1.82) is 5.26 Å². The molecule has 0 amide bonds. The largest absolute Gasteiger partial charge is 0.350 e. The number of para-hydroxylation sites is 1. The predicted molar refractivity (Wildman–Crippen MR) is 61.6 cm³/mol. The van der Waals surface area contributed by atoms with Gasteiger partial charge in [0.15, 0.2) is 0 Å². The van der Waals surface area contributed by atoms with Crippen LogP contribution in [0.5, 0.6) is 0 Å². The van der Waals surface area contributed by atoms with Crippen molar-refractivity contribution in [2.75, 3.05) is 0 Å². The van der Waals surface area contributed by atoms with Crippen molar-refractivity contribution in [3.63, 3.8) is 0 Å². The molecule has 76 valence electrons. The molecule has 0 aliphatic carbocycles. The van der Waals surface area contributed by atoms with Crippen molar-refractivity contribution in [1.82, 2.24) is 4.57 Å². The Morgan fingerprint density at radius 1 is 1.40 bits per heavy atom. The number of fused-ring (bicyclic) bond motifs is 1. The average molecular weight is 198 g/mol. The molecule has 1 aromatic carbocycles. The van der Waals surface area contributed by atoms with E-state index in [4.69, 9.17) is 5.26 Å². The molecule has 0 saturated heterocycles. The number of hydrogen-bond acceptors (Lipinski definition) is 1. The molecule has 15 heavy (non-hydrogen) atoms. The first-order chi connectivity index (χ1) is 7.27. The Hall–Kier alpha value is -1.75. The summed E-state index contributed by atoms with van der Waals surface area (Å²) in [6, 6.07) is 10.6. The molecule has 2 heteroatoms. The van der Waals surface area contributed by atoms with Crippen molar-refractivity contribution < 1.29 is 0 Å². The van der Waals surface area contributed by atoms with Gasteiger partial charge in [-0.2, -0.15) is 5.26 Å². The molecular formula is C13H14N2. The summed E-state index contributed by atoms with van der Waals surface area (Å²) in [6.45, 7) is 2.05. The highest BCUT2D eigenvalue weighted by Gasteiger charge is 2.14. The Morgan fingerprint density at radius 3 is 2.80 bits per heavy atom. The van der Waals surface area contributed by atoms with E-state index in [1.165, 1.54) is 10.9 Å². The average Bonchev–Trinajstić information content (AvgIpc) is 2.60. The minimum atomic E-state index is 0.0103. The fourth-order valence-corrected chi connectivity index (χ4v) is 2.03. The van der Waals surface area contributed by atoms with Crippen LogP contribution in [0.25, 0.3) is 10.9 Å². The van der Waals surface area contributed by atoms with Gasteiger partial charge in [0.25, 0.3) is 0 Å². The minimum Gasteiger partial charge on any atom is -0.350 e. The SMILES string of the molecule is CCC(C#N)c1cn(C)c2ccccc12. The molecule has 1 unspecified atom stereocenters. The first kappa shape index (κ1) is 9.79. The predicted octanol–water partition coefficient (Wildman–Crippen LogP) is 3.20. The number of aromatic nitrogens is 1. The smallest absolute Gasteiger partial charge is 0.0731 e. The van der Waals surface area contributed by atoms with Gasteiger partial charge in [0.2, 0.25) is 0 Å². The molecule has 0 saturated carbocycles. The second-order valence-electron chi connectivity index (χ2n) is 3.80. The van der Waals surface area contributed by atoms with Crippen LogP contribution in [0.3, 0.4) is 0 Å². The third-order valence-corrected chi connectivity index (χ3v) is 2.87. The van der Waals surface area contributed by atoms with E-state index in [2.05, 4.69) is 35.9 Å². The van der Waals surface area contributed by atoms with Crippen molar-refractivity contribution in [2.24, 2.45) is 7.05 Å². The Kier molecular flexibility index (Phi) is 2.47. The number of aryl methyl sites for hydroxylation is 1. The zero-order valence-corrected chi connectivity index (χ0v) is 9.07. The van der Waals surface area contributed by atoms with Crippen LogP contribution in [0.2, 0.25) is 0 Å². The van der Waals surface area contributed by atoms with Crippen molar-refractivity contribution in [3.05, 3.63) is 36.0 Å². The molecule has 0 radical (unpaired) electrons. The summed E-state index contributed by atoms with van der Waals surface area (Å²) >= 11 is 0. The van der Waals surface area contributed by atoms with E-state index in [1.54, 1.807) is 0 Å². The van der Waals surface area contributed by atoms with Crippen molar-refractivity contribution >= 4 is 10.9 Å².